The van der Waals surface area contributed by atoms with Gasteiger partial charge in [-0.1, -0.05) is 48.5 Å². The van der Waals surface area contributed by atoms with Crippen molar-refractivity contribution < 1.29 is 27.4 Å². The number of nitrogens with zero attached hydrogens (tertiary/aromatic N) is 3. The summed E-state index contributed by atoms with van der Waals surface area (Å²) in [6.07, 6.45) is -4.32. The first-order chi connectivity index (χ1) is 17.7. The number of hydrogen-bond acceptors (Lipinski definition) is 5. The quantitative estimate of drug-likeness (QED) is 0.413. The lowest BCUT2D eigenvalue weighted by atomic mass is 9.94. The van der Waals surface area contributed by atoms with Crippen LogP contribution in [0.5, 0.6) is 5.88 Å². The summed E-state index contributed by atoms with van der Waals surface area (Å²) in [6.45, 7) is 1.67. The van der Waals surface area contributed by atoms with E-state index >= 15 is 0 Å². The Labute approximate surface area is 213 Å². The fourth-order valence-electron chi connectivity index (χ4n) is 4.50. The highest BCUT2D eigenvalue weighted by Gasteiger charge is 2.40. The van der Waals surface area contributed by atoms with Crippen molar-refractivity contribution in [2.45, 2.75) is 25.1 Å². The van der Waals surface area contributed by atoms with E-state index in [9.17, 15) is 18.0 Å². The van der Waals surface area contributed by atoms with Gasteiger partial charge in [-0.15, -0.1) is 5.10 Å². The summed E-state index contributed by atoms with van der Waals surface area (Å²) < 4.78 is 51.7. The molecule has 0 spiro atoms. The number of para-hydroxylation sites is 1. The minimum absolute atomic E-state index is 0.0782. The molecule has 1 aromatic heterocycles. The molecule has 2 heterocycles. The Morgan fingerprint density at radius 3 is 2.38 bits per heavy atom. The summed E-state index contributed by atoms with van der Waals surface area (Å²) in [4.78, 5) is 14.5. The second kappa shape index (κ2) is 11.7. The fraction of sp³-hybridized carbons (Fsp3) is 0.385. The molecule has 1 aliphatic heterocycles. The number of aromatic nitrogens is 2. The minimum Gasteiger partial charge on any atom is -0.474 e. The van der Waals surface area contributed by atoms with Crippen LogP contribution in [0.25, 0.3) is 5.69 Å². The van der Waals surface area contributed by atoms with Crippen LogP contribution in [0.3, 0.4) is 0 Å². The maximum Gasteiger partial charge on any atom is 0.401 e. The molecule has 2 atom stereocenters. The van der Waals surface area contributed by atoms with Crippen molar-refractivity contribution in [3.8, 4) is 11.6 Å². The molecule has 0 saturated carbocycles. The highest BCUT2D eigenvalue weighted by Crippen LogP contribution is 2.31. The molecule has 4 rings (SSSR count). The average Bonchev–Trinajstić information content (AvgIpc) is 3.39. The number of methoxy groups -OCH3 is 1. The predicted octanol–water partition coefficient (Wildman–Crippen LogP) is 4.36. The molecule has 37 heavy (non-hydrogen) atoms. The number of amides is 2. The van der Waals surface area contributed by atoms with E-state index in [1.165, 1.54) is 4.90 Å². The van der Waals surface area contributed by atoms with Gasteiger partial charge in [0, 0.05) is 26.1 Å². The van der Waals surface area contributed by atoms with Gasteiger partial charge in [-0.25, -0.2) is 9.48 Å². The van der Waals surface area contributed by atoms with E-state index in [-0.39, 0.29) is 25.6 Å². The molecular weight excluding hydrogens is 487 g/mol. The van der Waals surface area contributed by atoms with Crippen molar-refractivity contribution in [3.63, 3.8) is 0 Å². The Morgan fingerprint density at radius 2 is 1.73 bits per heavy atom. The van der Waals surface area contributed by atoms with Crippen molar-refractivity contribution in [1.29, 1.82) is 0 Å². The number of ether oxygens (including phenoxy) is 2. The number of anilines is 1. The molecule has 0 unspecified atom stereocenters. The van der Waals surface area contributed by atoms with Gasteiger partial charge in [-0.2, -0.15) is 13.2 Å². The zero-order valence-electron chi connectivity index (χ0n) is 20.7. The van der Waals surface area contributed by atoms with Crippen molar-refractivity contribution in [3.05, 3.63) is 71.8 Å². The van der Waals surface area contributed by atoms with Crippen LogP contribution in [-0.2, 0) is 4.74 Å². The monoisotopic (exact) mass is 517 g/mol. The Balaban J connectivity index is 1.55. The van der Waals surface area contributed by atoms with E-state index < -0.39 is 24.8 Å². The number of likely N-dealkylation sites (tertiary alicyclic amines) is 1. The second-order valence-electron chi connectivity index (χ2n) is 8.90. The molecule has 1 fully saturated rings. The number of nitrogens with one attached hydrogen (secondary N) is 2. The first-order valence-electron chi connectivity index (χ1n) is 11.9. The minimum atomic E-state index is -4.32. The number of alkyl halides is 3. The van der Waals surface area contributed by atoms with Crippen LogP contribution in [0.1, 0.15) is 17.0 Å². The summed E-state index contributed by atoms with van der Waals surface area (Å²) >= 11 is 0. The highest BCUT2D eigenvalue weighted by atomic mass is 19.4. The molecule has 2 aromatic carbocycles. The molecule has 3 aromatic rings. The van der Waals surface area contributed by atoms with E-state index in [1.54, 1.807) is 18.7 Å². The normalized spacial score (nSPS) is 18.1. The zero-order chi connectivity index (χ0) is 26.4. The third-order valence-corrected chi connectivity index (χ3v) is 6.18. The maximum atomic E-state index is 13.2. The van der Waals surface area contributed by atoms with E-state index in [4.69, 9.17) is 9.47 Å². The first kappa shape index (κ1) is 26.5. The lowest BCUT2D eigenvalue weighted by Gasteiger charge is -2.21. The number of hydrogen-bond donors (Lipinski definition) is 2. The standard InChI is InChI=1S/C26H30F3N5O3/c1-18-23(34(20-11-7-4-8-12-20)32-24(18)37-14-13-36-2)31-25(35)30-22-16-33(17-26(27,28)29)15-21(22)19-9-5-3-6-10-19/h3-12,21-22H,13-17H2,1-2H3,(H2,30,31,35)/t21-,22+/m0/s1. The van der Waals surface area contributed by atoms with Gasteiger partial charge in [0.05, 0.1) is 30.4 Å². The van der Waals surface area contributed by atoms with Gasteiger partial charge >= 0.3 is 12.2 Å². The third kappa shape index (κ3) is 6.80. The predicted molar refractivity (Wildman–Crippen MR) is 133 cm³/mol. The molecular formula is C26H30F3N5O3. The molecule has 1 aliphatic rings. The molecule has 8 nitrogen and oxygen atoms in total. The smallest absolute Gasteiger partial charge is 0.401 e. The van der Waals surface area contributed by atoms with Crippen LogP contribution < -0.4 is 15.4 Å². The Morgan fingerprint density at radius 1 is 1.05 bits per heavy atom. The molecule has 2 amide bonds. The van der Waals surface area contributed by atoms with E-state index in [1.807, 2.05) is 60.7 Å². The Hall–Kier alpha value is -3.57. The molecule has 1 saturated heterocycles. The number of benzene rings is 2. The van der Waals surface area contributed by atoms with Gasteiger partial charge in [0.1, 0.15) is 12.4 Å². The molecule has 0 radical (unpaired) electrons. The number of urea groups is 1. The average molecular weight is 518 g/mol. The molecule has 198 valence electrons. The molecule has 11 heteroatoms. The number of carbonyl (C=O) groups excluding carboxylic acids is 1. The summed E-state index contributed by atoms with van der Waals surface area (Å²) in [6, 6.07) is 17.4. The van der Waals surface area contributed by atoms with Crippen LogP contribution >= 0.6 is 0 Å². The summed E-state index contributed by atoms with van der Waals surface area (Å²) in [5, 5.41) is 10.3. The van der Waals surface area contributed by atoms with E-state index in [2.05, 4.69) is 15.7 Å². The summed E-state index contributed by atoms with van der Waals surface area (Å²) in [7, 11) is 1.57. The molecule has 0 bridgehead atoms. The van der Waals surface area contributed by atoms with Gasteiger partial charge in [0.15, 0.2) is 0 Å². The number of rotatable bonds is 9. The van der Waals surface area contributed by atoms with E-state index in [0.29, 0.717) is 29.6 Å². The summed E-state index contributed by atoms with van der Waals surface area (Å²) in [5.74, 6) is 0.454. The van der Waals surface area contributed by atoms with Crippen LogP contribution in [0.2, 0.25) is 0 Å². The number of carbonyl (C=O) groups is 1. The topological polar surface area (TPSA) is 80.6 Å². The van der Waals surface area contributed by atoms with Crippen molar-refractivity contribution in [2.24, 2.45) is 0 Å². The van der Waals surface area contributed by atoms with Gasteiger partial charge in [-0.05, 0) is 24.6 Å². The summed E-state index contributed by atoms with van der Waals surface area (Å²) in [5.41, 5.74) is 2.19. The Bertz CT molecular complexity index is 1170. The lowest BCUT2D eigenvalue weighted by molar-refractivity contribution is -0.143. The van der Waals surface area contributed by atoms with Crippen molar-refractivity contribution >= 4 is 11.8 Å². The van der Waals surface area contributed by atoms with Crippen molar-refractivity contribution in [2.75, 3.05) is 45.3 Å². The molecule has 2 N–H and O–H groups in total. The van der Waals surface area contributed by atoms with Crippen molar-refractivity contribution in [1.82, 2.24) is 20.0 Å². The largest absolute Gasteiger partial charge is 0.474 e. The SMILES string of the molecule is COCCOc1nn(-c2ccccc2)c(NC(=O)N[C@@H]2CN(CC(F)(F)F)C[C@H]2c2ccccc2)c1C. The first-order valence-corrected chi connectivity index (χ1v) is 11.9. The van der Waals surface area contributed by atoms with Gasteiger partial charge in [-0.3, -0.25) is 10.2 Å². The molecule has 0 aliphatic carbocycles. The van der Waals surface area contributed by atoms with E-state index in [0.717, 1.165) is 5.56 Å². The zero-order valence-corrected chi connectivity index (χ0v) is 20.7. The lowest BCUT2D eigenvalue weighted by Crippen LogP contribution is -2.43. The maximum absolute atomic E-state index is 13.2. The van der Waals surface area contributed by atoms with Gasteiger partial charge in [0.25, 0.3) is 0 Å². The van der Waals surface area contributed by atoms with Crippen LogP contribution in [0.15, 0.2) is 60.7 Å². The third-order valence-electron chi connectivity index (χ3n) is 6.18. The Kier molecular flexibility index (Phi) is 8.34. The van der Waals surface area contributed by atoms with Crippen LogP contribution in [0, 0.1) is 6.92 Å². The van der Waals surface area contributed by atoms with Gasteiger partial charge in [0.2, 0.25) is 5.88 Å². The highest BCUT2D eigenvalue weighted by molar-refractivity contribution is 5.90. The number of halogens is 3. The van der Waals surface area contributed by atoms with Crippen LogP contribution in [0.4, 0.5) is 23.8 Å². The fourth-order valence-corrected chi connectivity index (χ4v) is 4.50. The van der Waals surface area contributed by atoms with Crippen LogP contribution in [-0.4, -0.2) is 72.9 Å². The second-order valence-corrected chi connectivity index (χ2v) is 8.90. The van der Waals surface area contributed by atoms with Gasteiger partial charge < -0.3 is 14.8 Å².